The molecule has 0 nitrogen and oxygen atoms in total. The Bertz CT molecular complexity index is 337. The van der Waals surface area contributed by atoms with Crippen molar-refractivity contribution in [2.45, 2.75) is 37.9 Å². The summed E-state index contributed by atoms with van der Waals surface area (Å²) < 4.78 is 26.9. The van der Waals surface area contributed by atoms with Crippen LogP contribution in [0.5, 0.6) is 0 Å². The Morgan fingerprint density at radius 3 is 2.60 bits per heavy atom. The second-order valence-corrected chi connectivity index (χ2v) is 5.00. The van der Waals surface area contributed by atoms with Gasteiger partial charge in [0.2, 0.25) is 0 Å². The van der Waals surface area contributed by atoms with E-state index in [2.05, 4.69) is 15.9 Å². The molecular formula is C12H15BrF2. The topological polar surface area (TPSA) is 0 Å². The van der Waals surface area contributed by atoms with Crippen LogP contribution in [0.4, 0.5) is 8.78 Å². The largest absolute Gasteiger partial charge is 0.207 e. The number of rotatable bonds is 4. The standard InChI is InChI=1S/C12H15BrF2/c1-3-9(13)5-6-10-11(14)7-4-8(2)12(10)15/h4,7,9H,3,5-6H2,1-2H3. The zero-order valence-electron chi connectivity index (χ0n) is 8.99. The minimum absolute atomic E-state index is 0.216. The molecule has 0 radical (unpaired) electrons. The third-order valence-electron chi connectivity index (χ3n) is 2.53. The average Bonchev–Trinajstić information content (AvgIpc) is 2.23. The lowest BCUT2D eigenvalue weighted by molar-refractivity contribution is 0.542. The number of halogens is 3. The van der Waals surface area contributed by atoms with Crippen molar-refractivity contribution in [2.75, 3.05) is 0 Å². The van der Waals surface area contributed by atoms with Gasteiger partial charge in [-0.05, 0) is 37.8 Å². The summed E-state index contributed by atoms with van der Waals surface area (Å²) in [5, 5.41) is 0. The van der Waals surface area contributed by atoms with E-state index in [-0.39, 0.29) is 5.56 Å². The molecule has 0 aliphatic rings. The van der Waals surface area contributed by atoms with E-state index in [0.29, 0.717) is 16.8 Å². The minimum atomic E-state index is -0.436. The van der Waals surface area contributed by atoms with Crippen molar-refractivity contribution in [3.8, 4) is 0 Å². The first-order valence-corrected chi connectivity index (χ1v) is 6.05. The molecule has 15 heavy (non-hydrogen) atoms. The fraction of sp³-hybridized carbons (Fsp3) is 0.500. The molecule has 0 aromatic heterocycles. The molecule has 1 unspecified atom stereocenters. The van der Waals surface area contributed by atoms with Gasteiger partial charge >= 0.3 is 0 Å². The van der Waals surface area contributed by atoms with Crippen LogP contribution in [0.15, 0.2) is 12.1 Å². The van der Waals surface area contributed by atoms with Crippen molar-refractivity contribution < 1.29 is 8.78 Å². The molecule has 1 aromatic carbocycles. The zero-order chi connectivity index (χ0) is 11.4. The van der Waals surface area contributed by atoms with Crippen LogP contribution in [-0.4, -0.2) is 4.83 Å². The first-order valence-electron chi connectivity index (χ1n) is 5.13. The molecule has 0 saturated carbocycles. The van der Waals surface area contributed by atoms with Crippen molar-refractivity contribution in [1.82, 2.24) is 0 Å². The van der Waals surface area contributed by atoms with Gasteiger partial charge in [0, 0.05) is 10.4 Å². The van der Waals surface area contributed by atoms with Crippen LogP contribution in [-0.2, 0) is 6.42 Å². The molecule has 0 aliphatic heterocycles. The van der Waals surface area contributed by atoms with Crippen LogP contribution in [0.25, 0.3) is 0 Å². The van der Waals surface area contributed by atoms with E-state index >= 15 is 0 Å². The SMILES string of the molecule is CCC(Br)CCc1c(F)ccc(C)c1F. The Kier molecular flexibility index (Phi) is 4.71. The molecular weight excluding hydrogens is 262 g/mol. The highest BCUT2D eigenvalue weighted by molar-refractivity contribution is 9.09. The lowest BCUT2D eigenvalue weighted by Gasteiger charge is -2.09. The van der Waals surface area contributed by atoms with Crippen molar-refractivity contribution in [2.24, 2.45) is 0 Å². The second kappa shape index (κ2) is 5.59. The number of aryl methyl sites for hydroxylation is 1. The van der Waals surface area contributed by atoms with Gasteiger partial charge in [-0.2, -0.15) is 0 Å². The quantitative estimate of drug-likeness (QED) is 0.716. The average molecular weight is 277 g/mol. The molecule has 0 heterocycles. The number of hydrogen-bond donors (Lipinski definition) is 0. The van der Waals surface area contributed by atoms with Crippen LogP contribution < -0.4 is 0 Å². The van der Waals surface area contributed by atoms with Crippen molar-refractivity contribution in [3.05, 3.63) is 34.9 Å². The highest BCUT2D eigenvalue weighted by Gasteiger charge is 2.12. The summed E-state index contributed by atoms with van der Waals surface area (Å²) in [5.74, 6) is -0.834. The summed E-state index contributed by atoms with van der Waals surface area (Å²) in [7, 11) is 0. The van der Waals surface area contributed by atoms with Gasteiger partial charge in [-0.3, -0.25) is 0 Å². The van der Waals surface area contributed by atoms with Gasteiger partial charge in [0.15, 0.2) is 0 Å². The Balaban J connectivity index is 2.80. The van der Waals surface area contributed by atoms with Crippen molar-refractivity contribution in [3.63, 3.8) is 0 Å². The molecule has 0 aliphatic carbocycles. The van der Waals surface area contributed by atoms with E-state index in [4.69, 9.17) is 0 Å². The molecule has 0 bridgehead atoms. The van der Waals surface area contributed by atoms with E-state index in [0.717, 1.165) is 12.8 Å². The Labute approximate surface area is 97.8 Å². The van der Waals surface area contributed by atoms with E-state index in [9.17, 15) is 8.78 Å². The van der Waals surface area contributed by atoms with Gasteiger partial charge in [0.25, 0.3) is 0 Å². The lowest BCUT2D eigenvalue weighted by Crippen LogP contribution is -2.03. The van der Waals surface area contributed by atoms with E-state index in [1.54, 1.807) is 6.92 Å². The third kappa shape index (κ3) is 3.26. The molecule has 0 fully saturated rings. The fourth-order valence-electron chi connectivity index (χ4n) is 1.45. The van der Waals surface area contributed by atoms with Gasteiger partial charge in [-0.25, -0.2) is 8.78 Å². The van der Waals surface area contributed by atoms with Crippen LogP contribution in [0.2, 0.25) is 0 Å². The Hall–Kier alpha value is -0.440. The summed E-state index contributed by atoms with van der Waals surface area (Å²) in [6, 6.07) is 2.81. The normalized spacial score (nSPS) is 12.9. The first kappa shape index (κ1) is 12.6. The maximum atomic E-state index is 13.6. The highest BCUT2D eigenvalue weighted by Crippen LogP contribution is 2.20. The smallest absolute Gasteiger partial charge is 0.132 e. The molecule has 1 atom stereocenters. The molecule has 0 spiro atoms. The molecule has 1 rings (SSSR count). The lowest BCUT2D eigenvalue weighted by atomic mass is 10.0. The highest BCUT2D eigenvalue weighted by atomic mass is 79.9. The molecule has 0 N–H and O–H groups in total. The summed E-state index contributed by atoms with van der Waals surface area (Å²) in [4.78, 5) is 0.330. The summed E-state index contributed by atoms with van der Waals surface area (Å²) in [5.41, 5.74) is 0.724. The van der Waals surface area contributed by atoms with Gasteiger partial charge < -0.3 is 0 Å². The number of alkyl halides is 1. The molecule has 1 aromatic rings. The number of benzene rings is 1. The Morgan fingerprint density at radius 2 is 2.00 bits per heavy atom. The van der Waals surface area contributed by atoms with E-state index < -0.39 is 11.6 Å². The summed E-state index contributed by atoms with van der Waals surface area (Å²) >= 11 is 3.46. The van der Waals surface area contributed by atoms with Crippen molar-refractivity contribution >= 4 is 15.9 Å². The minimum Gasteiger partial charge on any atom is -0.207 e. The van der Waals surface area contributed by atoms with E-state index in [1.807, 2.05) is 6.92 Å². The maximum absolute atomic E-state index is 13.6. The van der Waals surface area contributed by atoms with Crippen molar-refractivity contribution in [1.29, 1.82) is 0 Å². The third-order valence-corrected chi connectivity index (χ3v) is 3.63. The first-order chi connectivity index (χ1) is 7.06. The summed E-state index contributed by atoms with van der Waals surface area (Å²) in [6.07, 6.45) is 2.17. The second-order valence-electron chi connectivity index (χ2n) is 3.70. The molecule has 0 amide bonds. The maximum Gasteiger partial charge on any atom is 0.132 e. The van der Waals surface area contributed by atoms with Crippen LogP contribution in [0.3, 0.4) is 0 Å². The van der Waals surface area contributed by atoms with Gasteiger partial charge in [-0.15, -0.1) is 0 Å². The van der Waals surface area contributed by atoms with Gasteiger partial charge in [0.1, 0.15) is 11.6 Å². The van der Waals surface area contributed by atoms with Crippen LogP contribution in [0, 0.1) is 18.6 Å². The van der Waals surface area contributed by atoms with E-state index in [1.165, 1.54) is 12.1 Å². The fourth-order valence-corrected chi connectivity index (χ4v) is 1.68. The van der Waals surface area contributed by atoms with Crippen LogP contribution >= 0.6 is 15.9 Å². The predicted octanol–water partition coefficient (Wildman–Crippen LogP) is 4.38. The molecule has 0 saturated heterocycles. The molecule has 3 heteroatoms. The van der Waals surface area contributed by atoms with Gasteiger partial charge in [0.05, 0.1) is 0 Å². The van der Waals surface area contributed by atoms with Gasteiger partial charge in [-0.1, -0.05) is 28.9 Å². The monoisotopic (exact) mass is 276 g/mol. The number of hydrogen-bond acceptors (Lipinski definition) is 0. The predicted molar refractivity (Wildman–Crippen MR) is 62.4 cm³/mol. The Morgan fingerprint density at radius 1 is 1.33 bits per heavy atom. The van der Waals surface area contributed by atoms with Crippen LogP contribution in [0.1, 0.15) is 30.9 Å². The molecule has 84 valence electrons. The zero-order valence-corrected chi connectivity index (χ0v) is 10.6. The summed E-state index contributed by atoms with van der Waals surface area (Å²) in [6.45, 7) is 3.70.